The van der Waals surface area contributed by atoms with Crippen LogP contribution in [0.4, 0.5) is 0 Å². The van der Waals surface area contributed by atoms with E-state index in [2.05, 4.69) is 15.0 Å². The number of furan rings is 1. The van der Waals surface area contributed by atoms with Crippen LogP contribution in [0.1, 0.15) is 22.0 Å². The molecule has 0 radical (unpaired) electrons. The summed E-state index contributed by atoms with van der Waals surface area (Å²) in [6.07, 6.45) is 1.55. The average molecular weight is 387 g/mol. The maximum Gasteiger partial charge on any atom is 0.289 e. The molecule has 2 aromatic heterocycles. The third kappa shape index (κ3) is 3.89. The number of carbonyl (C=O) groups is 1. The van der Waals surface area contributed by atoms with Crippen molar-refractivity contribution < 1.29 is 13.7 Å². The molecule has 0 aliphatic carbocycles. The van der Waals surface area contributed by atoms with Gasteiger partial charge in [0.2, 0.25) is 11.7 Å². The first kappa shape index (κ1) is 17.8. The minimum Gasteiger partial charge on any atom is -0.459 e. The Morgan fingerprint density at radius 1 is 1.15 bits per heavy atom. The first-order valence-corrected chi connectivity index (χ1v) is 9.12. The number of amides is 1. The predicted molar refractivity (Wildman–Crippen MR) is 99.4 cm³/mol. The molecule has 0 spiro atoms. The van der Waals surface area contributed by atoms with Crippen molar-refractivity contribution >= 4 is 17.5 Å². The summed E-state index contributed by atoms with van der Waals surface area (Å²) in [6.45, 7) is 5.19. The Morgan fingerprint density at radius 2 is 1.89 bits per heavy atom. The summed E-state index contributed by atoms with van der Waals surface area (Å²) in [5, 5.41) is 4.70. The van der Waals surface area contributed by atoms with Gasteiger partial charge in [0.1, 0.15) is 0 Å². The predicted octanol–water partition coefficient (Wildman–Crippen LogP) is 3.25. The summed E-state index contributed by atoms with van der Waals surface area (Å²) in [6, 6.07) is 9.11. The van der Waals surface area contributed by atoms with Crippen molar-refractivity contribution in [3.05, 3.63) is 58.8 Å². The van der Waals surface area contributed by atoms with Crippen molar-refractivity contribution in [3.8, 4) is 11.4 Å². The van der Waals surface area contributed by atoms with E-state index < -0.39 is 0 Å². The highest BCUT2D eigenvalue weighted by Crippen LogP contribution is 2.20. The van der Waals surface area contributed by atoms with E-state index in [0.717, 1.165) is 24.2 Å². The molecule has 8 heteroatoms. The molecule has 0 N–H and O–H groups in total. The van der Waals surface area contributed by atoms with Gasteiger partial charge in [-0.15, -0.1) is 0 Å². The number of hydrogen-bond donors (Lipinski definition) is 0. The topological polar surface area (TPSA) is 75.6 Å². The molecule has 1 aliphatic heterocycles. The Labute approximate surface area is 161 Å². The van der Waals surface area contributed by atoms with Crippen LogP contribution in [0.25, 0.3) is 11.4 Å². The van der Waals surface area contributed by atoms with E-state index in [0.29, 0.717) is 42.1 Å². The minimum absolute atomic E-state index is 0.0556. The van der Waals surface area contributed by atoms with Crippen molar-refractivity contribution in [3.63, 3.8) is 0 Å². The molecule has 1 aliphatic rings. The van der Waals surface area contributed by atoms with E-state index in [-0.39, 0.29) is 5.91 Å². The van der Waals surface area contributed by atoms with E-state index in [9.17, 15) is 4.79 Å². The monoisotopic (exact) mass is 386 g/mol. The normalized spacial score (nSPS) is 15.3. The van der Waals surface area contributed by atoms with E-state index in [1.807, 2.05) is 24.0 Å². The Bertz CT molecular complexity index is 927. The molecule has 3 aromatic rings. The second-order valence-electron chi connectivity index (χ2n) is 6.52. The summed E-state index contributed by atoms with van der Waals surface area (Å²) in [5.74, 6) is 1.47. The number of aryl methyl sites for hydroxylation is 1. The lowest BCUT2D eigenvalue weighted by Gasteiger charge is -2.33. The van der Waals surface area contributed by atoms with Crippen LogP contribution < -0.4 is 0 Å². The van der Waals surface area contributed by atoms with Crippen LogP contribution in [-0.4, -0.2) is 52.0 Å². The number of carbonyl (C=O) groups excluding carboxylic acids is 1. The van der Waals surface area contributed by atoms with Crippen LogP contribution in [0, 0.1) is 6.92 Å². The molecule has 1 aromatic carbocycles. The van der Waals surface area contributed by atoms with Crippen molar-refractivity contribution in [2.24, 2.45) is 0 Å². The third-order valence-electron chi connectivity index (χ3n) is 4.65. The van der Waals surface area contributed by atoms with Crippen molar-refractivity contribution in [2.75, 3.05) is 26.2 Å². The highest BCUT2D eigenvalue weighted by atomic mass is 35.5. The van der Waals surface area contributed by atoms with Gasteiger partial charge in [-0.3, -0.25) is 9.69 Å². The molecule has 3 heterocycles. The van der Waals surface area contributed by atoms with E-state index >= 15 is 0 Å². The van der Waals surface area contributed by atoms with E-state index in [1.165, 1.54) is 0 Å². The second-order valence-corrected chi connectivity index (χ2v) is 6.96. The maximum atomic E-state index is 12.5. The van der Waals surface area contributed by atoms with Crippen LogP contribution in [0.3, 0.4) is 0 Å². The van der Waals surface area contributed by atoms with Crippen molar-refractivity contribution in [1.82, 2.24) is 19.9 Å². The zero-order valence-corrected chi connectivity index (χ0v) is 15.6. The van der Waals surface area contributed by atoms with Crippen LogP contribution in [-0.2, 0) is 6.54 Å². The van der Waals surface area contributed by atoms with Gasteiger partial charge in [0.05, 0.1) is 12.8 Å². The van der Waals surface area contributed by atoms with Gasteiger partial charge >= 0.3 is 0 Å². The van der Waals surface area contributed by atoms with Crippen LogP contribution in [0.5, 0.6) is 0 Å². The molecule has 0 atom stereocenters. The van der Waals surface area contributed by atoms with Gasteiger partial charge < -0.3 is 13.8 Å². The lowest BCUT2D eigenvalue weighted by atomic mass is 10.2. The summed E-state index contributed by atoms with van der Waals surface area (Å²) < 4.78 is 10.7. The summed E-state index contributed by atoms with van der Waals surface area (Å²) >= 11 is 5.90. The Hall–Kier alpha value is -2.64. The lowest BCUT2D eigenvalue weighted by molar-refractivity contribution is 0.0584. The van der Waals surface area contributed by atoms with Crippen molar-refractivity contribution in [2.45, 2.75) is 13.5 Å². The van der Waals surface area contributed by atoms with Crippen LogP contribution >= 0.6 is 11.6 Å². The Morgan fingerprint density at radius 3 is 2.56 bits per heavy atom. The minimum atomic E-state index is -0.0556. The molecule has 140 valence electrons. The van der Waals surface area contributed by atoms with Gasteiger partial charge in [-0.1, -0.05) is 16.8 Å². The second kappa shape index (κ2) is 7.54. The number of piperazine rings is 1. The van der Waals surface area contributed by atoms with Crippen LogP contribution in [0.15, 0.2) is 45.5 Å². The number of hydrogen-bond acceptors (Lipinski definition) is 6. The van der Waals surface area contributed by atoms with E-state index in [4.69, 9.17) is 20.5 Å². The van der Waals surface area contributed by atoms with Gasteiger partial charge in [-0.25, -0.2) is 0 Å². The van der Waals surface area contributed by atoms with Gasteiger partial charge in [0.25, 0.3) is 5.91 Å². The van der Waals surface area contributed by atoms with Gasteiger partial charge in [-0.2, -0.15) is 4.98 Å². The molecule has 1 fully saturated rings. The van der Waals surface area contributed by atoms with Gasteiger partial charge in [-0.05, 0) is 37.3 Å². The molecular formula is C19H19ClN4O3. The fourth-order valence-corrected chi connectivity index (χ4v) is 3.20. The highest BCUT2D eigenvalue weighted by molar-refractivity contribution is 6.30. The standard InChI is InChI=1S/C19H19ClN4O3/c1-13-6-11-26-17(13)19(25)24-9-7-23(8-10-24)12-16-21-18(22-27-16)14-2-4-15(20)5-3-14/h2-6,11H,7-10,12H2,1H3. The number of aromatic nitrogens is 2. The molecular weight excluding hydrogens is 368 g/mol. The maximum absolute atomic E-state index is 12.5. The Kier molecular flexibility index (Phi) is 4.96. The summed E-state index contributed by atoms with van der Waals surface area (Å²) in [7, 11) is 0. The number of nitrogens with zero attached hydrogens (tertiary/aromatic N) is 4. The molecule has 0 saturated carbocycles. The van der Waals surface area contributed by atoms with Gasteiger partial charge in [0, 0.05) is 42.3 Å². The number of rotatable bonds is 4. The molecule has 27 heavy (non-hydrogen) atoms. The quantitative estimate of drug-likeness (QED) is 0.685. The number of halogens is 1. The van der Waals surface area contributed by atoms with Crippen LogP contribution in [0.2, 0.25) is 5.02 Å². The van der Waals surface area contributed by atoms with Gasteiger partial charge in [0.15, 0.2) is 5.76 Å². The average Bonchev–Trinajstić information content (AvgIpc) is 3.31. The number of benzene rings is 1. The molecule has 7 nitrogen and oxygen atoms in total. The smallest absolute Gasteiger partial charge is 0.289 e. The zero-order chi connectivity index (χ0) is 18.8. The highest BCUT2D eigenvalue weighted by Gasteiger charge is 2.26. The van der Waals surface area contributed by atoms with Crippen molar-refractivity contribution in [1.29, 1.82) is 0 Å². The molecule has 0 bridgehead atoms. The van der Waals surface area contributed by atoms with E-state index in [1.54, 1.807) is 24.5 Å². The Balaban J connectivity index is 1.34. The third-order valence-corrected chi connectivity index (χ3v) is 4.90. The first-order valence-electron chi connectivity index (χ1n) is 8.74. The molecule has 4 rings (SSSR count). The zero-order valence-electron chi connectivity index (χ0n) is 14.9. The molecule has 1 amide bonds. The fraction of sp³-hybridized carbons (Fsp3) is 0.316. The largest absolute Gasteiger partial charge is 0.459 e. The fourth-order valence-electron chi connectivity index (χ4n) is 3.07. The first-order chi connectivity index (χ1) is 13.1. The lowest BCUT2D eigenvalue weighted by Crippen LogP contribution is -2.48. The summed E-state index contributed by atoms with van der Waals surface area (Å²) in [4.78, 5) is 21.0. The molecule has 1 saturated heterocycles. The SMILES string of the molecule is Cc1ccoc1C(=O)N1CCN(Cc2nc(-c3ccc(Cl)cc3)no2)CC1. The molecule has 0 unspecified atom stereocenters. The summed E-state index contributed by atoms with van der Waals surface area (Å²) in [5.41, 5.74) is 1.72.